The topological polar surface area (TPSA) is 75.5 Å². The second kappa shape index (κ2) is 8.81. The van der Waals surface area contributed by atoms with Crippen molar-refractivity contribution in [3.63, 3.8) is 0 Å². The predicted octanol–water partition coefficient (Wildman–Crippen LogP) is 5.14. The molecular weight excluding hydrogens is 354 g/mol. The molecule has 2 amide bonds. The van der Waals surface area contributed by atoms with Crippen LogP contribution >= 0.6 is 0 Å². The van der Waals surface area contributed by atoms with Crippen molar-refractivity contribution in [1.82, 2.24) is 4.90 Å². The van der Waals surface area contributed by atoms with Gasteiger partial charge in [-0.25, -0.2) is 4.79 Å². The molecule has 0 bridgehead atoms. The van der Waals surface area contributed by atoms with Crippen LogP contribution in [-0.4, -0.2) is 15.9 Å². The molecule has 3 rings (SSSR count). The number of carbonyl (C=O) groups excluding carboxylic acids is 1. The number of nitro groups is 1. The molecule has 3 aromatic carbocycles. The van der Waals surface area contributed by atoms with Gasteiger partial charge in [0, 0.05) is 25.2 Å². The van der Waals surface area contributed by atoms with E-state index in [1.54, 1.807) is 17.9 Å². The van der Waals surface area contributed by atoms with Crippen LogP contribution in [0.3, 0.4) is 0 Å². The largest absolute Gasteiger partial charge is 0.322 e. The lowest BCUT2D eigenvalue weighted by atomic mass is 10.1. The van der Waals surface area contributed by atoms with Crippen molar-refractivity contribution in [2.24, 2.45) is 0 Å². The number of benzene rings is 3. The van der Waals surface area contributed by atoms with E-state index in [0.717, 1.165) is 16.7 Å². The monoisotopic (exact) mass is 375 g/mol. The fourth-order valence-corrected chi connectivity index (χ4v) is 2.86. The number of hydrogen-bond donors (Lipinski definition) is 1. The number of non-ortho nitro benzene ring substituents is 1. The number of rotatable bonds is 6. The molecule has 0 atom stereocenters. The van der Waals surface area contributed by atoms with Crippen molar-refractivity contribution in [3.05, 3.63) is 106 Å². The number of nitrogens with one attached hydrogen (secondary N) is 1. The third kappa shape index (κ3) is 4.94. The summed E-state index contributed by atoms with van der Waals surface area (Å²) in [7, 11) is 0. The van der Waals surface area contributed by atoms with Crippen LogP contribution in [0.4, 0.5) is 16.2 Å². The fraction of sp³-hybridized carbons (Fsp3) is 0.136. The molecule has 0 fully saturated rings. The normalized spacial score (nSPS) is 10.3. The van der Waals surface area contributed by atoms with Crippen LogP contribution in [0, 0.1) is 17.0 Å². The Balaban J connectivity index is 1.83. The van der Waals surface area contributed by atoms with Crippen LogP contribution in [0.25, 0.3) is 0 Å². The Hall–Kier alpha value is -3.67. The molecule has 28 heavy (non-hydrogen) atoms. The molecule has 0 saturated heterocycles. The lowest BCUT2D eigenvalue weighted by Crippen LogP contribution is -2.34. The number of aryl methyl sites for hydroxylation is 1. The maximum Gasteiger partial charge on any atom is 0.322 e. The van der Waals surface area contributed by atoms with Gasteiger partial charge < -0.3 is 10.2 Å². The van der Waals surface area contributed by atoms with E-state index in [4.69, 9.17) is 0 Å². The smallest absolute Gasteiger partial charge is 0.316 e. The summed E-state index contributed by atoms with van der Waals surface area (Å²) in [5, 5.41) is 13.9. The Labute approximate surface area is 163 Å². The average Bonchev–Trinajstić information content (AvgIpc) is 2.70. The quantitative estimate of drug-likeness (QED) is 0.479. The summed E-state index contributed by atoms with van der Waals surface area (Å²) in [5.41, 5.74) is 3.15. The molecule has 0 aliphatic rings. The maximum absolute atomic E-state index is 13.0. The highest BCUT2D eigenvalue weighted by Crippen LogP contribution is 2.23. The summed E-state index contributed by atoms with van der Waals surface area (Å²) in [6, 6.07) is 23.6. The fourth-order valence-electron chi connectivity index (χ4n) is 2.86. The first-order chi connectivity index (χ1) is 13.5. The van der Waals surface area contributed by atoms with Crippen molar-refractivity contribution < 1.29 is 9.72 Å². The van der Waals surface area contributed by atoms with Crippen molar-refractivity contribution >= 4 is 17.4 Å². The Kier molecular flexibility index (Phi) is 6.01. The van der Waals surface area contributed by atoms with Gasteiger partial charge in [-0.05, 0) is 23.6 Å². The van der Waals surface area contributed by atoms with Crippen LogP contribution in [0.5, 0.6) is 0 Å². The van der Waals surface area contributed by atoms with E-state index in [1.165, 1.54) is 12.1 Å². The van der Waals surface area contributed by atoms with E-state index >= 15 is 0 Å². The first-order valence-corrected chi connectivity index (χ1v) is 8.92. The average molecular weight is 375 g/mol. The summed E-state index contributed by atoms with van der Waals surface area (Å²) in [4.78, 5) is 25.3. The molecule has 1 N–H and O–H groups in total. The van der Waals surface area contributed by atoms with Gasteiger partial charge in [-0.15, -0.1) is 0 Å². The minimum Gasteiger partial charge on any atom is -0.316 e. The molecule has 6 nitrogen and oxygen atoms in total. The molecular formula is C22H21N3O3. The Morgan fingerprint density at radius 1 is 0.929 bits per heavy atom. The molecule has 0 unspecified atom stereocenters. The molecule has 0 aliphatic carbocycles. The Bertz CT molecular complexity index is 918. The summed E-state index contributed by atoms with van der Waals surface area (Å²) in [6.45, 7) is 2.66. The van der Waals surface area contributed by atoms with Gasteiger partial charge in [0.15, 0.2) is 0 Å². The molecule has 0 saturated carbocycles. The van der Waals surface area contributed by atoms with E-state index < -0.39 is 4.92 Å². The number of carbonyl (C=O) groups is 1. The van der Waals surface area contributed by atoms with E-state index in [2.05, 4.69) is 5.32 Å². The van der Waals surface area contributed by atoms with Crippen molar-refractivity contribution in [2.45, 2.75) is 20.0 Å². The highest BCUT2D eigenvalue weighted by atomic mass is 16.6. The highest BCUT2D eigenvalue weighted by molar-refractivity contribution is 5.90. The predicted molar refractivity (Wildman–Crippen MR) is 109 cm³/mol. The third-order valence-electron chi connectivity index (χ3n) is 4.39. The molecule has 0 aliphatic heterocycles. The SMILES string of the molecule is Cc1ccc([N+](=O)[O-])cc1NC(=O)N(Cc1ccccc1)Cc1ccccc1. The van der Waals surface area contributed by atoms with Crippen LogP contribution in [0.2, 0.25) is 0 Å². The maximum atomic E-state index is 13.0. The zero-order chi connectivity index (χ0) is 19.9. The van der Waals surface area contributed by atoms with Gasteiger partial charge in [-0.2, -0.15) is 0 Å². The first-order valence-electron chi connectivity index (χ1n) is 8.92. The third-order valence-corrected chi connectivity index (χ3v) is 4.39. The minimum atomic E-state index is -0.471. The van der Waals surface area contributed by atoms with Gasteiger partial charge in [0.2, 0.25) is 0 Å². The molecule has 142 valence electrons. The summed E-state index contributed by atoms with van der Waals surface area (Å²) in [5.74, 6) is 0. The van der Waals surface area contributed by atoms with Crippen LogP contribution in [0.1, 0.15) is 16.7 Å². The molecule has 0 radical (unpaired) electrons. The summed E-state index contributed by atoms with van der Waals surface area (Å²) >= 11 is 0. The number of hydrogen-bond acceptors (Lipinski definition) is 3. The van der Waals surface area contributed by atoms with Crippen molar-refractivity contribution in [2.75, 3.05) is 5.32 Å². The van der Waals surface area contributed by atoms with Gasteiger partial charge in [0.1, 0.15) is 0 Å². The number of urea groups is 1. The van der Waals surface area contributed by atoms with Crippen LogP contribution in [-0.2, 0) is 13.1 Å². The molecule has 0 spiro atoms. The second-order valence-electron chi connectivity index (χ2n) is 6.51. The number of nitrogens with zero attached hydrogens (tertiary/aromatic N) is 2. The summed E-state index contributed by atoms with van der Waals surface area (Å²) in [6.07, 6.45) is 0. The zero-order valence-electron chi connectivity index (χ0n) is 15.5. The Morgan fingerprint density at radius 3 is 1.96 bits per heavy atom. The van der Waals surface area contributed by atoms with E-state index in [1.807, 2.05) is 60.7 Å². The second-order valence-corrected chi connectivity index (χ2v) is 6.51. The Morgan fingerprint density at radius 2 is 1.46 bits per heavy atom. The highest BCUT2D eigenvalue weighted by Gasteiger charge is 2.17. The number of nitro benzene ring substituents is 1. The summed E-state index contributed by atoms with van der Waals surface area (Å²) < 4.78 is 0. The molecule has 3 aromatic rings. The minimum absolute atomic E-state index is 0.0569. The van der Waals surface area contributed by atoms with Gasteiger partial charge in [0.05, 0.1) is 10.6 Å². The van der Waals surface area contributed by atoms with Gasteiger partial charge in [-0.1, -0.05) is 66.7 Å². The van der Waals surface area contributed by atoms with Gasteiger partial charge in [0.25, 0.3) is 5.69 Å². The molecule has 0 aromatic heterocycles. The van der Waals surface area contributed by atoms with E-state index in [0.29, 0.717) is 18.8 Å². The molecule has 6 heteroatoms. The lowest BCUT2D eigenvalue weighted by molar-refractivity contribution is -0.384. The lowest BCUT2D eigenvalue weighted by Gasteiger charge is -2.24. The van der Waals surface area contributed by atoms with Crippen LogP contribution < -0.4 is 5.32 Å². The van der Waals surface area contributed by atoms with E-state index in [9.17, 15) is 14.9 Å². The van der Waals surface area contributed by atoms with Crippen LogP contribution in [0.15, 0.2) is 78.9 Å². The standard InChI is InChI=1S/C22H21N3O3/c1-17-12-13-20(25(27)28)14-21(17)23-22(26)24(15-18-8-4-2-5-9-18)16-19-10-6-3-7-11-19/h2-14H,15-16H2,1H3,(H,23,26). The first kappa shape index (κ1) is 19.1. The van der Waals surface area contributed by atoms with E-state index in [-0.39, 0.29) is 11.7 Å². The van der Waals surface area contributed by atoms with Crippen molar-refractivity contribution in [3.8, 4) is 0 Å². The van der Waals surface area contributed by atoms with Gasteiger partial charge >= 0.3 is 6.03 Å². The molecule has 0 heterocycles. The van der Waals surface area contributed by atoms with Gasteiger partial charge in [-0.3, -0.25) is 10.1 Å². The zero-order valence-corrected chi connectivity index (χ0v) is 15.5. The van der Waals surface area contributed by atoms with Crippen molar-refractivity contribution in [1.29, 1.82) is 0 Å². The number of anilines is 1. The number of amides is 2.